The molecule has 0 saturated heterocycles. The molecular weight excluding hydrogens is 359 g/mol. The number of hydrogen-bond acceptors (Lipinski definition) is 5. The number of halogens is 1. The lowest BCUT2D eigenvalue weighted by atomic mass is 10.0. The van der Waals surface area contributed by atoms with E-state index in [1.165, 1.54) is 18.2 Å². The van der Waals surface area contributed by atoms with E-state index in [0.717, 1.165) is 24.0 Å². The zero-order valence-electron chi connectivity index (χ0n) is 16.6. The number of aliphatic imine (C=N–C) groups is 1. The molecule has 0 atom stereocenters. The van der Waals surface area contributed by atoms with Gasteiger partial charge in [0.05, 0.1) is 6.54 Å². The van der Waals surface area contributed by atoms with E-state index >= 15 is 0 Å². The molecule has 6 nitrogen and oxygen atoms in total. The summed E-state index contributed by atoms with van der Waals surface area (Å²) < 4.78 is 18.8. The number of allylic oxidation sites excluding steroid dienone is 1. The fourth-order valence-corrected chi connectivity index (χ4v) is 3.01. The number of benzene rings is 1. The molecule has 148 valence electrons. The van der Waals surface area contributed by atoms with Gasteiger partial charge in [-0.25, -0.2) is 14.4 Å². The van der Waals surface area contributed by atoms with Crippen LogP contribution < -0.4 is 10.6 Å². The third-order valence-electron chi connectivity index (χ3n) is 4.83. The van der Waals surface area contributed by atoms with Crippen LogP contribution in [0.3, 0.4) is 0 Å². The molecule has 1 fully saturated rings. The van der Waals surface area contributed by atoms with Gasteiger partial charge in [-0.2, -0.15) is 0 Å². The largest absolute Gasteiger partial charge is 0.439 e. The summed E-state index contributed by atoms with van der Waals surface area (Å²) in [6, 6.07) is 4.12. The first-order chi connectivity index (χ1) is 13.2. The van der Waals surface area contributed by atoms with E-state index in [1.807, 2.05) is 20.8 Å². The second-order valence-electron chi connectivity index (χ2n) is 7.59. The predicted molar refractivity (Wildman–Crippen MR) is 107 cm³/mol. The Balaban J connectivity index is 1.77. The maximum atomic E-state index is 13.3. The minimum Gasteiger partial charge on any atom is -0.439 e. The number of fused-ring (bicyclic) bond motifs is 1. The fraction of sp³-hybridized carbons (Fsp3) is 0.381. The van der Waals surface area contributed by atoms with Crippen LogP contribution in [0.25, 0.3) is 11.1 Å². The number of hydrogen-bond donors (Lipinski definition) is 2. The maximum Gasteiger partial charge on any atom is 0.252 e. The van der Waals surface area contributed by atoms with Gasteiger partial charge in [0.2, 0.25) is 5.89 Å². The second-order valence-corrected chi connectivity index (χ2v) is 7.59. The normalized spacial score (nSPS) is 15.6. The smallest absolute Gasteiger partial charge is 0.252 e. The predicted octanol–water partition coefficient (Wildman–Crippen LogP) is 3.99. The van der Waals surface area contributed by atoms with Crippen LogP contribution in [-0.4, -0.2) is 23.1 Å². The van der Waals surface area contributed by atoms with Gasteiger partial charge in [0.25, 0.3) is 5.91 Å². The van der Waals surface area contributed by atoms with Gasteiger partial charge in [-0.1, -0.05) is 5.57 Å². The Kier molecular flexibility index (Phi) is 5.36. The Morgan fingerprint density at radius 1 is 1.36 bits per heavy atom. The van der Waals surface area contributed by atoms with Crippen LogP contribution in [0.2, 0.25) is 0 Å². The molecule has 1 aromatic carbocycles. The molecule has 3 rings (SSSR count). The van der Waals surface area contributed by atoms with Gasteiger partial charge in [-0.05, 0) is 59.4 Å². The molecule has 0 radical (unpaired) electrons. The number of amides is 1. The molecule has 0 bridgehead atoms. The number of nitrogens with zero attached hydrogens (tertiary/aromatic N) is 2. The first-order valence-electron chi connectivity index (χ1n) is 9.19. The monoisotopic (exact) mass is 384 g/mol. The zero-order valence-corrected chi connectivity index (χ0v) is 16.6. The summed E-state index contributed by atoms with van der Waals surface area (Å²) in [7, 11) is 0. The summed E-state index contributed by atoms with van der Waals surface area (Å²) in [6.45, 7) is 11.5. The first-order valence-corrected chi connectivity index (χ1v) is 9.19. The summed E-state index contributed by atoms with van der Waals surface area (Å²) in [5, 5.41) is 6.20. The van der Waals surface area contributed by atoms with Crippen molar-refractivity contribution in [3.05, 3.63) is 52.4 Å². The van der Waals surface area contributed by atoms with Crippen LogP contribution in [0.15, 0.2) is 50.1 Å². The molecule has 1 saturated carbocycles. The third-order valence-corrected chi connectivity index (χ3v) is 4.83. The van der Waals surface area contributed by atoms with Crippen LogP contribution in [0.1, 0.15) is 46.4 Å². The minimum atomic E-state index is -0.384. The summed E-state index contributed by atoms with van der Waals surface area (Å²) >= 11 is 0. The molecular formula is C21H25FN4O2. The number of rotatable bonds is 7. The molecule has 7 heteroatoms. The van der Waals surface area contributed by atoms with Gasteiger partial charge < -0.3 is 15.1 Å². The van der Waals surface area contributed by atoms with Crippen molar-refractivity contribution in [3.8, 4) is 0 Å². The Labute approximate surface area is 163 Å². The topological polar surface area (TPSA) is 79.5 Å². The van der Waals surface area contributed by atoms with Crippen LogP contribution in [-0.2, 0) is 11.3 Å². The van der Waals surface area contributed by atoms with E-state index in [9.17, 15) is 9.18 Å². The molecule has 1 amide bonds. The van der Waals surface area contributed by atoms with E-state index < -0.39 is 0 Å². The number of nitrogens with one attached hydrogen (secondary N) is 2. The second kappa shape index (κ2) is 7.58. The minimum absolute atomic E-state index is 0.0223. The fourth-order valence-electron chi connectivity index (χ4n) is 3.01. The van der Waals surface area contributed by atoms with Crippen LogP contribution >= 0.6 is 0 Å². The average Bonchev–Trinajstić information content (AvgIpc) is 3.22. The number of carbonyl (C=O) groups excluding carboxylic acids is 1. The lowest BCUT2D eigenvalue weighted by molar-refractivity contribution is -0.117. The van der Waals surface area contributed by atoms with Gasteiger partial charge in [0.15, 0.2) is 5.58 Å². The molecule has 1 aliphatic carbocycles. The summed E-state index contributed by atoms with van der Waals surface area (Å²) in [4.78, 5) is 21.2. The molecule has 0 aliphatic heterocycles. The molecule has 28 heavy (non-hydrogen) atoms. The van der Waals surface area contributed by atoms with Gasteiger partial charge in [0, 0.05) is 22.8 Å². The maximum absolute atomic E-state index is 13.3. The summed E-state index contributed by atoms with van der Waals surface area (Å²) in [5.74, 6) is 0.290. The van der Waals surface area contributed by atoms with Crippen molar-refractivity contribution in [2.24, 2.45) is 4.99 Å². The number of carbonyl (C=O) groups is 1. The molecule has 0 spiro atoms. The van der Waals surface area contributed by atoms with Crippen molar-refractivity contribution in [1.82, 2.24) is 15.6 Å². The third kappa shape index (κ3) is 4.30. The Hall–Kier alpha value is -2.96. The van der Waals surface area contributed by atoms with Gasteiger partial charge in [-0.15, -0.1) is 0 Å². The summed E-state index contributed by atoms with van der Waals surface area (Å²) in [6.07, 6.45) is 2.13. The Morgan fingerprint density at radius 2 is 2.07 bits per heavy atom. The lowest BCUT2D eigenvalue weighted by Gasteiger charge is -2.18. The van der Waals surface area contributed by atoms with Crippen LogP contribution in [0.4, 0.5) is 4.39 Å². The Bertz CT molecular complexity index is 995. The van der Waals surface area contributed by atoms with E-state index in [0.29, 0.717) is 28.4 Å². The molecule has 2 N–H and O–H groups in total. The lowest BCUT2D eigenvalue weighted by Crippen LogP contribution is -2.30. The van der Waals surface area contributed by atoms with Crippen LogP contribution in [0.5, 0.6) is 0 Å². The first kappa shape index (κ1) is 19.8. The van der Waals surface area contributed by atoms with Crippen molar-refractivity contribution in [2.45, 2.75) is 52.6 Å². The standard InChI is InChI=1S/C21H25FN4O2/c1-12(2)18(13(3)19(23-5)26-21(4)8-9-21)20(27)24-11-17-25-15-10-14(22)6-7-16(15)28-17/h6-7,10,26H,5,8-9,11H2,1-4H3,(H,24,27)/b19-13-. The van der Waals surface area contributed by atoms with Crippen molar-refractivity contribution < 1.29 is 13.6 Å². The van der Waals surface area contributed by atoms with E-state index in [1.54, 1.807) is 0 Å². The van der Waals surface area contributed by atoms with E-state index in [2.05, 4.69) is 34.3 Å². The highest BCUT2D eigenvalue weighted by Gasteiger charge is 2.38. The molecule has 1 heterocycles. The van der Waals surface area contributed by atoms with Gasteiger partial charge >= 0.3 is 0 Å². The quantitative estimate of drug-likeness (QED) is 0.430. The zero-order chi connectivity index (χ0) is 20.5. The van der Waals surface area contributed by atoms with Crippen molar-refractivity contribution >= 4 is 23.7 Å². The highest BCUT2D eigenvalue weighted by Crippen LogP contribution is 2.36. The molecule has 1 aliphatic rings. The van der Waals surface area contributed by atoms with Crippen LogP contribution in [0, 0.1) is 5.82 Å². The van der Waals surface area contributed by atoms with Crippen molar-refractivity contribution in [1.29, 1.82) is 0 Å². The van der Waals surface area contributed by atoms with E-state index in [4.69, 9.17) is 4.42 Å². The molecule has 0 unspecified atom stereocenters. The average molecular weight is 384 g/mol. The number of oxazole rings is 1. The molecule has 2 aromatic rings. The van der Waals surface area contributed by atoms with Crippen molar-refractivity contribution in [3.63, 3.8) is 0 Å². The molecule has 1 aromatic heterocycles. The highest BCUT2D eigenvalue weighted by atomic mass is 19.1. The van der Waals surface area contributed by atoms with Gasteiger partial charge in [0.1, 0.15) is 17.2 Å². The van der Waals surface area contributed by atoms with E-state index in [-0.39, 0.29) is 23.8 Å². The SMILES string of the molecule is C=N/C(NC1(C)CC1)=C(\C)C(C(=O)NCc1nc2cc(F)ccc2o1)=C(C)C. The number of aromatic nitrogens is 1. The highest BCUT2D eigenvalue weighted by molar-refractivity contribution is 5.98. The Morgan fingerprint density at radius 3 is 2.68 bits per heavy atom. The van der Waals surface area contributed by atoms with Crippen molar-refractivity contribution in [2.75, 3.05) is 0 Å². The summed E-state index contributed by atoms with van der Waals surface area (Å²) in [5.41, 5.74) is 3.06. The van der Waals surface area contributed by atoms with Gasteiger partial charge in [-0.3, -0.25) is 4.79 Å².